The second kappa shape index (κ2) is 4.23. The van der Waals surface area contributed by atoms with Crippen molar-refractivity contribution >= 4 is 0 Å². The van der Waals surface area contributed by atoms with Crippen LogP contribution in [-0.4, -0.2) is 0 Å². The zero-order valence-corrected chi connectivity index (χ0v) is 10.0. The summed E-state index contributed by atoms with van der Waals surface area (Å²) in [4.78, 5) is 0. The predicted molar refractivity (Wildman–Crippen MR) is 59.7 cm³/mol. The van der Waals surface area contributed by atoms with E-state index in [4.69, 9.17) is 10.5 Å². The van der Waals surface area contributed by atoms with E-state index in [0.29, 0.717) is 5.92 Å². The average Bonchev–Trinajstić information content (AvgIpc) is 2.17. The molecule has 82 valence electrons. The molecule has 0 aliphatic heterocycles. The van der Waals surface area contributed by atoms with Crippen LogP contribution in [0.5, 0.6) is 0 Å². The first kappa shape index (κ1) is 12.1. The molecule has 0 spiro atoms. The van der Waals surface area contributed by atoms with Crippen LogP contribution in [0.15, 0.2) is 0 Å². The zero-order chi connectivity index (χ0) is 11.5. The van der Waals surface area contributed by atoms with Gasteiger partial charge in [-0.2, -0.15) is 10.5 Å². The highest BCUT2D eigenvalue weighted by Crippen LogP contribution is 2.42. The molecule has 0 N–H and O–H groups in total. The number of hydrogen-bond acceptors (Lipinski definition) is 2. The summed E-state index contributed by atoms with van der Waals surface area (Å²) >= 11 is 0. The zero-order valence-electron chi connectivity index (χ0n) is 10.0. The van der Waals surface area contributed by atoms with Gasteiger partial charge in [-0.05, 0) is 46.0 Å². The maximum absolute atomic E-state index is 9.11. The highest BCUT2D eigenvalue weighted by Gasteiger charge is 2.34. The summed E-state index contributed by atoms with van der Waals surface area (Å²) in [6.07, 6.45) is 5.24. The van der Waals surface area contributed by atoms with Crippen LogP contribution in [0.2, 0.25) is 0 Å². The second-order valence-electron chi connectivity index (χ2n) is 5.83. The third-order valence-corrected chi connectivity index (χ3v) is 3.45. The maximum Gasteiger partial charge on any atom is 0.0686 e. The van der Waals surface area contributed by atoms with E-state index in [2.05, 4.69) is 19.1 Å². The Morgan fingerprint density at radius 3 is 2.60 bits per heavy atom. The minimum Gasteiger partial charge on any atom is -0.198 e. The molecule has 2 heteroatoms. The highest BCUT2D eigenvalue weighted by atomic mass is 14.4. The number of rotatable bonds is 2. The average molecular weight is 204 g/mol. The molecule has 0 heterocycles. The van der Waals surface area contributed by atoms with Crippen molar-refractivity contribution in [3.05, 3.63) is 0 Å². The van der Waals surface area contributed by atoms with Gasteiger partial charge in [0.25, 0.3) is 0 Å². The van der Waals surface area contributed by atoms with Gasteiger partial charge in [-0.1, -0.05) is 12.8 Å². The van der Waals surface area contributed by atoms with E-state index < -0.39 is 0 Å². The largest absolute Gasteiger partial charge is 0.198 e. The molecule has 1 fully saturated rings. The predicted octanol–water partition coefficient (Wildman–Crippen LogP) is 3.65. The molecular formula is C13H20N2. The van der Waals surface area contributed by atoms with Crippen molar-refractivity contribution in [2.75, 3.05) is 0 Å². The van der Waals surface area contributed by atoms with Crippen LogP contribution < -0.4 is 0 Å². The van der Waals surface area contributed by atoms with Crippen LogP contribution in [0.3, 0.4) is 0 Å². The topological polar surface area (TPSA) is 47.6 Å². The quantitative estimate of drug-likeness (QED) is 0.689. The van der Waals surface area contributed by atoms with Crippen molar-refractivity contribution in [1.82, 2.24) is 0 Å². The number of nitriles is 2. The van der Waals surface area contributed by atoms with E-state index in [0.717, 1.165) is 25.7 Å². The molecule has 1 aliphatic rings. The molecular weight excluding hydrogens is 184 g/mol. The summed E-state index contributed by atoms with van der Waals surface area (Å²) < 4.78 is 0. The van der Waals surface area contributed by atoms with Gasteiger partial charge < -0.3 is 0 Å². The van der Waals surface area contributed by atoms with Crippen LogP contribution in [0, 0.1) is 39.4 Å². The maximum atomic E-state index is 9.11. The molecule has 2 nitrogen and oxygen atoms in total. The van der Waals surface area contributed by atoms with Gasteiger partial charge in [0.15, 0.2) is 0 Å². The van der Waals surface area contributed by atoms with Gasteiger partial charge in [0.05, 0.1) is 23.0 Å². The molecule has 0 saturated heterocycles. The Hall–Kier alpha value is -1.02. The van der Waals surface area contributed by atoms with Crippen molar-refractivity contribution in [3.8, 4) is 12.1 Å². The van der Waals surface area contributed by atoms with E-state index in [-0.39, 0.29) is 10.8 Å². The van der Waals surface area contributed by atoms with Gasteiger partial charge in [0.1, 0.15) is 0 Å². The summed E-state index contributed by atoms with van der Waals surface area (Å²) in [5.74, 6) is 0.554. The van der Waals surface area contributed by atoms with E-state index >= 15 is 0 Å². The summed E-state index contributed by atoms with van der Waals surface area (Å²) in [6.45, 7) is 6.04. The van der Waals surface area contributed by atoms with Crippen LogP contribution in [0.25, 0.3) is 0 Å². The number of nitrogens with zero attached hydrogens (tertiary/aromatic N) is 2. The van der Waals surface area contributed by atoms with E-state index in [1.165, 1.54) is 6.42 Å². The minimum absolute atomic E-state index is 0.144. The van der Waals surface area contributed by atoms with Crippen molar-refractivity contribution in [1.29, 1.82) is 10.5 Å². The lowest BCUT2D eigenvalue weighted by Crippen LogP contribution is -2.27. The summed E-state index contributed by atoms with van der Waals surface area (Å²) in [5, 5.41) is 18.1. The fourth-order valence-corrected chi connectivity index (χ4v) is 2.67. The number of hydrogen-bond donors (Lipinski definition) is 0. The van der Waals surface area contributed by atoms with Gasteiger partial charge in [-0.3, -0.25) is 0 Å². The third-order valence-electron chi connectivity index (χ3n) is 3.45. The highest BCUT2D eigenvalue weighted by molar-refractivity contribution is 5.01. The molecule has 0 radical (unpaired) electrons. The molecule has 2 atom stereocenters. The fraction of sp³-hybridized carbons (Fsp3) is 0.846. The molecule has 0 aromatic heterocycles. The Morgan fingerprint density at radius 2 is 2.07 bits per heavy atom. The SMILES string of the molecule is CC(C)(C#N)CC1CCCC(C)(C#N)C1. The third kappa shape index (κ3) is 3.24. The first-order chi connectivity index (χ1) is 6.91. The van der Waals surface area contributed by atoms with Crippen molar-refractivity contribution < 1.29 is 0 Å². The van der Waals surface area contributed by atoms with Crippen LogP contribution in [-0.2, 0) is 0 Å². The standard InChI is InChI=1S/C13H20N2/c1-12(2,9-14)7-11-5-4-6-13(3,8-11)10-15/h11H,4-8H2,1-3H3. The second-order valence-corrected chi connectivity index (χ2v) is 5.83. The Labute approximate surface area is 92.9 Å². The Kier molecular flexibility index (Phi) is 3.40. The molecule has 1 rings (SSSR count). The van der Waals surface area contributed by atoms with E-state index in [9.17, 15) is 0 Å². The molecule has 0 aromatic carbocycles. The van der Waals surface area contributed by atoms with Crippen molar-refractivity contribution in [3.63, 3.8) is 0 Å². The molecule has 15 heavy (non-hydrogen) atoms. The molecule has 1 aliphatic carbocycles. The van der Waals surface area contributed by atoms with E-state index in [1.54, 1.807) is 0 Å². The molecule has 0 aromatic rings. The Morgan fingerprint density at radius 1 is 1.40 bits per heavy atom. The minimum atomic E-state index is -0.238. The van der Waals surface area contributed by atoms with Crippen molar-refractivity contribution in [2.24, 2.45) is 16.7 Å². The molecule has 1 saturated carbocycles. The van der Waals surface area contributed by atoms with Gasteiger partial charge in [0, 0.05) is 0 Å². The first-order valence-corrected chi connectivity index (χ1v) is 5.73. The van der Waals surface area contributed by atoms with Crippen LogP contribution in [0.1, 0.15) is 52.9 Å². The Bertz CT molecular complexity index is 303. The molecule has 0 bridgehead atoms. The van der Waals surface area contributed by atoms with Crippen molar-refractivity contribution in [2.45, 2.75) is 52.9 Å². The summed E-state index contributed by atoms with van der Waals surface area (Å²) in [6, 6.07) is 4.78. The van der Waals surface area contributed by atoms with Gasteiger partial charge >= 0.3 is 0 Å². The smallest absolute Gasteiger partial charge is 0.0686 e. The molecule has 2 unspecified atom stereocenters. The molecule has 0 amide bonds. The van der Waals surface area contributed by atoms with Gasteiger partial charge in [-0.15, -0.1) is 0 Å². The summed E-state index contributed by atoms with van der Waals surface area (Å²) in [5.41, 5.74) is -0.382. The fourth-order valence-electron chi connectivity index (χ4n) is 2.67. The van der Waals surface area contributed by atoms with Crippen LogP contribution >= 0.6 is 0 Å². The van der Waals surface area contributed by atoms with Gasteiger partial charge in [0.2, 0.25) is 0 Å². The Balaban J connectivity index is 2.60. The van der Waals surface area contributed by atoms with Crippen LogP contribution in [0.4, 0.5) is 0 Å². The normalized spacial score (nSPS) is 31.7. The monoisotopic (exact) mass is 204 g/mol. The first-order valence-electron chi connectivity index (χ1n) is 5.73. The van der Waals surface area contributed by atoms with Gasteiger partial charge in [-0.25, -0.2) is 0 Å². The lowest BCUT2D eigenvalue weighted by atomic mass is 9.68. The van der Waals surface area contributed by atoms with E-state index in [1.807, 2.05) is 13.8 Å². The summed E-state index contributed by atoms with van der Waals surface area (Å²) in [7, 11) is 0. The lowest BCUT2D eigenvalue weighted by molar-refractivity contribution is 0.180. The lowest BCUT2D eigenvalue weighted by Gasteiger charge is -2.35.